The minimum absolute atomic E-state index is 0.0860. The van der Waals surface area contributed by atoms with E-state index in [1.807, 2.05) is 19.9 Å². The predicted molar refractivity (Wildman–Crippen MR) is 55.5 cm³/mol. The number of nitrogens with zero attached hydrogens (tertiary/aromatic N) is 1. The van der Waals surface area contributed by atoms with Crippen LogP contribution in [0.3, 0.4) is 0 Å². The second-order valence-corrected chi connectivity index (χ2v) is 3.42. The highest BCUT2D eigenvalue weighted by Gasteiger charge is 2.12. The van der Waals surface area contributed by atoms with Crippen LogP contribution in [0.4, 0.5) is 0 Å². The summed E-state index contributed by atoms with van der Waals surface area (Å²) in [7, 11) is 0. The third kappa shape index (κ3) is 2.70. The molecule has 0 amide bonds. The standard InChI is InChI=1S/C11H17NO2/c1-4-14-11-5-10(6-12-7-11)8(2)9(3)13/h5-9,13H,4H2,1-3H3. The Morgan fingerprint density at radius 2 is 2.14 bits per heavy atom. The molecule has 1 N–H and O–H groups in total. The summed E-state index contributed by atoms with van der Waals surface area (Å²) >= 11 is 0. The molecule has 0 spiro atoms. The second-order valence-electron chi connectivity index (χ2n) is 3.42. The first-order valence-corrected chi connectivity index (χ1v) is 4.91. The van der Waals surface area contributed by atoms with Gasteiger partial charge in [0.2, 0.25) is 0 Å². The highest BCUT2D eigenvalue weighted by atomic mass is 16.5. The molecule has 78 valence electrons. The van der Waals surface area contributed by atoms with Crippen LogP contribution in [0, 0.1) is 0 Å². The van der Waals surface area contributed by atoms with E-state index in [0.29, 0.717) is 6.61 Å². The van der Waals surface area contributed by atoms with Gasteiger partial charge in [0.05, 0.1) is 18.9 Å². The van der Waals surface area contributed by atoms with Crippen LogP contribution >= 0.6 is 0 Å². The molecule has 1 aromatic heterocycles. The maximum Gasteiger partial charge on any atom is 0.137 e. The third-order valence-electron chi connectivity index (χ3n) is 2.29. The lowest BCUT2D eigenvalue weighted by Crippen LogP contribution is -2.11. The van der Waals surface area contributed by atoms with Gasteiger partial charge in [0.1, 0.15) is 5.75 Å². The van der Waals surface area contributed by atoms with Gasteiger partial charge in [-0.15, -0.1) is 0 Å². The normalized spacial score (nSPS) is 14.9. The minimum Gasteiger partial charge on any atom is -0.492 e. The molecule has 0 fully saturated rings. The molecule has 0 aliphatic rings. The van der Waals surface area contributed by atoms with Crippen LogP contribution < -0.4 is 4.74 Å². The van der Waals surface area contributed by atoms with Gasteiger partial charge >= 0.3 is 0 Å². The van der Waals surface area contributed by atoms with E-state index in [-0.39, 0.29) is 12.0 Å². The summed E-state index contributed by atoms with van der Waals surface area (Å²) in [6.45, 7) is 6.31. The Morgan fingerprint density at radius 1 is 1.43 bits per heavy atom. The Morgan fingerprint density at radius 3 is 2.71 bits per heavy atom. The summed E-state index contributed by atoms with van der Waals surface area (Å²) in [6.07, 6.45) is 3.08. The number of pyridine rings is 1. The van der Waals surface area contributed by atoms with Crippen molar-refractivity contribution in [2.75, 3.05) is 6.61 Å². The molecule has 0 aliphatic heterocycles. The molecule has 0 radical (unpaired) electrons. The first-order chi connectivity index (χ1) is 6.65. The molecule has 2 unspecified atom stereocenters. The Kier molecular flexibility index (Phi) is 3.89. The number of aliphatic hydroxyl groups excluding tert-OH is 1. The molecule has 1 aromatic rings. The lowest BCUT2D eigenvalue weighted by Gasteiger charge is -2.15. The Balaban J connectivity index is 2.82. The number of hydrogen-bond acceptors (Lipinski definition) is 3. The van der Waals surface area contributed by atoms with Crippen molar-refractivity contribution in [3.63, 3.8) is 0 Å². The van der Waals surface area contributed by atoms with Gasteiger partial charge in [-0.25, -0.2) is 0 Å². The van der Waals surface area contributed by atoms with Crippen molar-refractivity contribution in [3.05, 3.63) is 24.0 Å². The van der Waals surface area contributed by atoms with Gasteiger partial charge < -0.3 is 9.84 Å². The van der Waals surface area contributed by atoms with Gasteiger partial charge in [-0.3, -0.25) is 4.98 Å². The molecular formula is C11H17NO2. The van der Waals surface area contributed by atoms with E-state index in [1.165, 1.54) is 0 Å². The third-order valence-corrected chi connectivity index (χ3v) is 2.29. The van der Waals surface area contributed by atoms with Crippen molar-refractivity contribution in [2.45, 2.75) is 32.8 Å². The zero-order chi connectivity index (χ0) is 10.6. The summed E-state index contributed by atoms with van der Waals surface area (Å²) in [5, 5.41) is 9.43. The molecule has 0 saturated carbocycles. The number of hydrogen-bond donors (Lipinski definition) is 1. The van der Waals surface area contributed by atoms with E-state index in [0.717, 1.165) is 11.3 Å². The number of rotatable bonds is 4. The summed E-state index contributed by atoms with van der Waals surface area (Å²) in [5.74, 6) is 0.848. The van der Waals surface area contributed by atoms with Gasteiger partial charge in [0.25, 0.3) is 0 Å². The fraction of sp³-hybridized carbons (Fsp3) is 0.545. The molecule has 1 heterocycles. The Hall–Kier alpha value is -1.09. The van der Waals surface area contributed by atoms with Crippen LogP contribution in [-0.2, 0) is 0 Å². The van der Waals surface area contributed by atoms with E-state index < -0.39 is 0 Å². The quantitative estimate of drug-likeness (QED) is 0.798. The SMILES string of the molecule is CCOc1cncc(C(C)C(C)O)c1. The fourth-order valence-electron chi connectivity index (χ4n) is 1.21. The van der Waals surface area contributed by atoms with Crippen LogP contribution in [0.2, 0.25) is 0 Å². The fourth-order valence-corrected chi connectivity index (χ4v) is 1.21. The van der Waals surface area contributed by atoms with Gasteiger partial charge in [0.15, 0.2) is 0 Å². The lowest BCUT2D eigenvalue weighted by molar-refractivity contribution is 0.168. The molecule has 14 heavy (non-hydrogen) atoms. The highest BCUT2D eigenvalue weighted by molar-refractivity contribution is 5.26. The van der Waals surface area contributed by atoms with Crippen molar-refractivity contribution in [2.24, 2.45) is 0 Å². The first-order valence-electron chi connectivity index (χ1n) is 4.91. The maximum absolute atomic E-state index is 9.43. The smallest absolute Gasteiger partial charge is 0.137 e. The summed E-state index contributed by atoms with van der Waals surface area (Å²) < 4.78 is 5.33. The van der Waals surface area contributed by atoms with Gasteiger partial charge in [-0.1, -0.05) is 6.92 Å². The van der Waals surface area contributed by atoms with Gasteiger partial charge in [0, 0.05) is 12.1 Å². The molecular weight excluding hydrogens is 178 g/mol. The predicted octanol–water partition coefficient (Wildman–Crippen LogP) is 1.96. The second kappa shape index (κ2) is 4.96. The van der Waals surface area contributed by atoms with E-state index in [2.05, 4.69) is 4.98 Å². The lowest BCUT2D eigenvalue weighted by atomic mass is 9.98. The van der Waals surface area contributed by atoms with Crippen LogP contribution in [-0.4, -0.2) is 22.8 Å². The van der Waals surface area contributed by atoms with Crippen molar-refractivity contribution >= 4 is 0 Å². The van der Waals surface area contributed by atoms with Crippen LogP contribution in [0.25, 0.3) is 0 Å². The summed E-state index contributed by atoms with van der Waals surface area (Å²) in [4.78, 5) is 4.07. The van der Waals surface area contributed by atoms with Crippen LogP contribution in [0.15, 0.2) is 18.5 Å². The summed E-state index contributed by atoms with van der Waals surface area (Å²) in [6, 6.07) is 1.92. The molecule has 2 atom stereocenters. The van der Waals surface area contributed by atoms with E-state index in [4.69, 9.17) is 4.74 Å². The Bertz CT molecular complexity index is 286. The maximum atomic E-state index is 9.43. The summed E-state index contributed by atoms with van der Waals surface area (Å²) in [5.41, 5.74) is 1.01. The zero-order valence-corrected chi connectivity index (χ0v) is 8.90. The molecule has 1 rings (SSSR count). The molecule has 0 bridgehead atoms. The van der Waals surface area contributed by atoms with Gasteiger partial charge in [-0.2, -0.15) is 0 Å². The number of aliphatic hydroxyl groups is 1. The molecule has 0 saturated heterocycles. The van der Waals surface area contributed by atoms with Gasteiger partial charge in [-0.05, 0) is 25.5 Å². The average Bonchev–Trinajstić information content (AvgIpc) is 2.17. The number of aromatic nitrogens is 1. The number of ether oxygens (including phenoxy) is 1. The molecule has 0 aromatic carbocycles. The zero-order valence-electron chi connectivity index (χ0n) is 8.90. The van der Waals surface area contributed by atoms with E-state index in [1.54, 1.807) is 19.3 Å². The molecule has 3 heteroatoms. The van der Waals surface area contributed by atoms with Crippen LogP contribution in [0.1, 0.15) is 32.3 Å². The van der Waals surface area contributed by atoms with Crippen LogP contribution in [0.5, 0.6) is 5.75 Å². The topological polar surface area (TPSA) is 42.4 Å². The van der Waals surface area contributed by atoms with Crippen molar-refractivity contribution in [1.29, 1.82) is 0 Å². The van der Waals surface area contributed by atoms with Crippen molar-refractivity contribution in [1.82, 2.24) is 4.98 Å². The monoisotopic (exact) mass is 195 g/mol. The van der Waals surface area contributed by atoms with Crippen molar-refractivity contribution in [3.8, 4) is 5.75 Å². The van der Waals surface area contributed by atoms with Crippen molar-refractivity contribution < 1.29 is 9.84 Å². The van der Waals surface area contributed by atoms with E-state index >= 15 is 0 Å². The largest absolute Gasteiger partial charge is 0.492 e. The van der Waals surface area contributed by atoms with E-state index in [9.17, 15) is 5.11 Å². The first kappa shape index (κ1) is 11.0. The minimum atomic E-state index is -0.367. The highest BCUT2D eigenvalue weighted by Crippen LogP contribution is 2.21. The Labute approximate surface area is 84.7 Å². The average molecular weight is 195 g/mol. The molecule has 3 nitrogen and oxygen atoms in total. The molecule has 0 aliphatic carbocycles.